The Bertz CT molecular complexity index is 737. The second-order valence-electron chi connectivity index (χ2n) is 4.22. The van der Waals surface area contributed by atoms with E-state index < -0.39 is 10.0 Å². The van der Waals surface area contributed by atoms with Crippen molar-refractivity contribution in [3.8, 4) is 0 Å². The molecule has 1 aromatic heterocycles. The summed E-state index contributed by atoms with van der Waals surface area (Å²) in [4.78, 5) is 3.83. The maximum absolute atomic E-state index is 12.4. The van der Waals surface area contributed by atoms with Crippen LogP contribution >= 0.6 is 23.2 Å². The van der Waals surface area contributed by atoms with Crippen LogP contribution in [0.1, 0.15) is 5.56 Å². The second-order valence-corrected chi connectivity index (χ2v) is 6.65. The lowest BCUT2D eigenvalue weighted by atomic mass is 10.2. The molecule has 0 radical (unpaired) electrons. The van der Waals surface area contributed by atoms with Gasteiger partial charge in [0.15, 0.2) is 0 Å². The molecule has 0 bridgehead atoms. The van der Waals surface area contributed by atoms with Crippen molar-refractivity contribution < 1.29 is 8.42 Å². The minimum Gasteiger partial charge on any atom is -0.316 e. The fraction of sp³-hybridized carbons (Fsp3) is 0.154. The average molecular weight is 346 g/mol. The van der Waals surface area contributed by atoms with E-state index in [1.807, 2.05) is 0 Å². The fourth-order valence-corrected chi connectivity index (χ4v) is 3.71. The summed E-state index contributed by atoms with van der Waals surface area (Å²) in [5.74, 6) is 0. The molecule has 0 aliphatic rings. The van der Waals surface area contributed by atoms with E-state index in [2.05, 4.69) is 15.0 Å². The van der Waals surface area contributed by atoms with Gasteiger partial charge in [0.25, 0.3) is 10.0 Å². The van der Waals surface area contributed by atoms with Crippen molar-refractivity contribution in [1.82, 2.24) is 10.3 Å². The van der Waals surface area contributed by atoms with Gasteiger partial charge in [-0.2, -0.15) is 0 Å². The van der Waals surface area contributed by atoms with Crippen molar-refractivity contribution >= 4 is 38.9 Å². The van der Waals surface area contributed by atoms with Gasteiger partial charge >= 0.3 is 0 Å². The SMILES string of the molecule is CNCc1c(Cl)ccc(S(=O)(=O)Nc2cccnc2)c1Cl. The fourth-order valence-electron chi connectivity index (χ4n) is 1.76. The van der Waals surface area contributed by atoms with Crippen LogP contribution in [0.25, 0.3) is 0 Å². The van der Waals surface area contributed by atoms with Gasteiger partial charge in [-0.05, 0) is 31.3 Å². The van der Waals surface area contributed by atoms with Gasteiger partial charge < -0.3 is 5.32 Å². The summed E-state index contributed by atoms with van der Waals surface area (Å²) < 4.78 is 27.2. The van der Waals surface area contributed by atoms with E-state index in [0.29, 0.717) is 22.8 Å². The van der Waals surface area contributed by atoms with Crippen LogP contribution in [-0.4, -0.2) is 20.4 Å². The van der Waals surface area contributed by atoms with Crippen molar-refractivity contribution in [2.24, 2.45) is 0 Å². The number of nitrogens with one attached hydrogen (secondary N) is 2. The molecule has 0 atom stereocenters. The first-order valence-electron chi connectivity index (χ1n) is 6.00. The van der Waals surface area contributed by atoms with E-state index in [0.717, 1.165) is 0 Å². The van der Waals surface area contributed by atoms with Crippen molar-refractivity contribution in [1.29, 1.82) is 0 Å². The molecule has 2 aromatic rings. The first kappa shape index (κ1) is 16.0. The van der Waals surface area contributed by atoms with Crippen LogP contribution in [0, 0.1) is 0 Å². The maximum atomic E-state index is 12.4. The molecule has 0 fully saturated rings. The quantitative estimate of drug-likeness (QED) is 0.873. The van der Waals surface area contributed by atoms with Crippen LogP contribution < -0.4 is 10.0 Å². The highest BCUT2D eigenvalue weighted by Gasteiger charge is 2.21. The zero-order chi connectivity index (χ0) is 15.5. The van der Waals surface area contributed by atoms with Crippen molar-refractivity contribution in [3.63, 3.8) is 0 Å². The molecule has 0 aliphatic carbocycles. The van der Waals surface area contributed by atoms with Gasteiger partial charge in [-0.25, -0.2) is 8.42 Å². The summed E-state index contributed by atoms with van der Waals surface area (Å²) in [5, 5.41) is 3.42. The van der Waals surface area contributed by atoms with Gasteiger partial charge in [0.2, 0.25) is 0 Å². The molecule has 0 aliphatic heterocycles. The number of sulfonamides is 1. The molecule has 112 valence electrons. The third-order valence-corrected chi connectivity index (χ3v) is 5.03. The van der Waals surface area contributed by atoms with Gasteiger partial charge in [0, 0.05) is 23.3 Å². The van der Waals surface area contributed by atoms with Crippen LogP contribution in [-0.2, 0) is 16.6 Å². The Morgan fingerprint density at radius 2 is 2.00 bits per heavy atom. The minimum absolute atomic E-state index is 0.0253. The molecule has 0 saturated heterocycles. The highest BCUT2D eigenvalue weighted by atomic mass is 35.5. The van der Waals surface area contributed by atoms with Crippen LogP contribution in [0.15, 0.2) is 41.6 Å². The molecular weight excluding hydrogens is 333 g/mol. The Labute approximate surface area is 133 Å². The Morgan fingerprint density at radius 1 is 1.24 bits per heavy atom. The molecule has 0 saturated carbocycles. The van der Waals surface area contributed by atoms with E-state index in [1.165, 1.54) is 18.3 Å². The van der Waals surface area contributed by atoms with Crippen molar-refractivity contribution in [2.45, 2.75) is 11.4 Å². The number of pyridine rings is 1. The Balaban J connectivity index is 2.43. The number of anilines is 1. The van der Waals surface area contributed by atoms with Gasteiger partial charge in [-0.15, -0.1) is 0 Å². The first-order valence-corrected chi connectivity index (χ1v) is 8.24. The van der Waals surface area contributed by atoms with Gasteiger partial charge in [-0.1, -0.05) is 23.2 Å². The third-order valence-electron chi connectivity index (χ3n) is 2.71. The van der Waals surface area contributed by atoms with Crippen molar-refractivity contribution in [2.75, 3.05) is 11.8 Å². The van der Waals surface area contributed by atoms with E-state index in [9.17, 15) is 8.42 Å². The summed E-state index contributed by atoms with van der Waals surface area (Å²) in [6.07, 6.45) is 2.97. The van der Waals surface area contributed by atoms with Gasteiger partial charge in [0.05, 0.1) is 16.9 Å². The molecule has 0 amide bonds. The zero-order valence-corrected chi connectivity index (χ0v) is 13.4. The van der Waals surface area contributed by atoms with Crippen LogP contribution in [0.4, 0.5) is 5.69 Å². The summed E-state index contributed by atoms with van der Waals surface area (Å²) in [5.41, 5.74) is 0.897. The molecule has 1 heterocycles. The second kappa shape index (κ2) is 6.62. The monoisotopic (exact) mass is 345 g/mol. The number of hydrogen-bond donors (Lipinski definition) is 2. The molecule has 1 aromatic carbocycles. The Morgan fingerprint density at radius 3 is 2.62 bits per heavy atom. The lowest BCUT2D eigenvalue weighted by Gasteiger charge is -2.13. The molecule has 8 heteroatoms. The number of benzene rings is 1. The number of nitrogens with zero attached hydrogens (tertiary/aromatic N) is 1. The molecule has 2 N–H and O–H groups in total. The number of halogens is 2. The molecule has 21 heavy (non-hydrogen) atoms. The summed E-state index contributed by atoms with van der Waals surface area (Å²) in [6.45, 7) is 0.369. The largest absolute Gasteiger partial charge is 0.316 e. The van der Waals surface area contributed by atoms with E-state index >= 15 is 0 Å². The molecule has 0 spiro atoms. The molecule has 0 unspecified atom stereocenters. The first-order chi connectivity index (χ1) is 9.95. The average Bonchev–Trinajstić information content (AvgIpc) is 2.43. The number of aromatic nitrogens is 1. The topological polar surface area (TPSA) is 71.1 Å². The predicted octanol–water partition coefficient (Wildman–Crippen LogP) is 2.91. The molecular formula is C13H13Cl2N3O2S. The lowest BCUT2D eigenvalue weighted by molar-refractivity contribution is 0.601. The third kappa shape index (κ3) is 3.65. The van der Waals surface area contributed by atoms with Crippen LogP contribution in [0.2, 0.25) is 10.0 Å². The van der Waals surface area contributed by atoms with Gasteiger partial charge in [0.1, 0.15) is 4.90 Å². The number of rotatable bonds is 5. The lowest BCUT2D eigenvalue weighted by Crippen LogP contribution is -2.15. The summed E-state index contributed by atoms with van der Waals surface area (Å²) in [7, 11) is -2.09. The van der Waals surface area contributed by atoms with Crippen LogP contribution in [0.5, 0.6) is 0 Å². The van der Waals surface area contributed by atoms with Crippen LogP contribution in [0.3, 0.4) is 0 Å². The summed E-state index contributed by atoms with van der Waals surface area (Å²) >= 11 is 12.2. The Kier molecular flexibility index (Phi) is 5.05. The smallest absolute Gasteiger partial charge is 0.263 e. The van der Waals surface area contributed by atoms with E-state index in [1.54, 1.807) is 25.4 Å². The van der Waals surface area contributed by atoms with E-state index in [4.69, 9.17) is 23.2 Å². The highest BCUT2D eigenvalue weighted by Crippen LogP contribution is 2.31. The summed E-state index contributed by atoms with van der Waals surface area (Å²) in [6, 6.07) is 6.12. The van der Waals surface area contributed by atoms with E-state index in [-0.39, 0.29) is 9.92 Å². The molecule has 2 rings (SSSR count). The molecule has 5 nitrogen and oxygen atoms in total. The maximum Gasteiger partial charge on any atom is 0.263 e. The van der Waals surface area contributed by atoms with Crippen molar-refractivity contribution in [3.05, 3.63) is 52.3 Å². The standard InChI is InChI=1S/C13H13Cl2N3O2S/c1-16-8-10-11(14)4-5-12(13(10)15)21(19,20)18-9-3-2-6-17-7-9/h2-7,16,18H,8H2,1H3. The zero-order valence-electron chi connectivity index (χ0n) is 11.1. The Hall–Kier alpha value is -1.34. The van der Waals surface area contributed by atoms with Gasteiger partial charge in [-0.3, -0.25) is 9.71 Å². The normalized spacial score (nSPS) is 11.4. The predicted molar refractivity (Wildman–Crippen MR) is 84.3 cm³/mol. The minimum atomic E-state index is -3.81. The number of hydrogen-bond acceptors (Lipinski definition) is 4. The highest BCUT2D eigenvalue weighted by molar-refractivity contribution is 7.92.